The van der Waals surface area contributed by atoms with Crippen LogP contribution < -0.4 is 0 Å². The van der Waals surface area contributed by atoms with E-state index < -0.39 is 0 Å². The number of pyridine rings is 1. The summed E-state index contributed by atoms with van der Waals surface area (Å²) in [6.07, 6.45) is 0. The van der Waals surface area contributed by atoms with Crippen molar-refractivity contribution >= 4 is 23.2 Å². The average molecular weight is 204 g/mol. The fourth-order valence-corrected chi connectivity index (χ4v) is 1.59. The number of halogens is 2. The van der Waals surface area contributed by atoms with Crippen molar-refractivity contribution in [3.63, 3.8) is 0 Å². The highest BCUT2D eigenvalue weighted by molar-refractivity contribution is 6.42. The summed E-state index contributed by atoms with van der Waals surface area (Å²) in [6, 6.07) is 1.77. The quantitative estimate of drug-likeness (QED) is 0.677. The third-order valence-electron chi connectivity index (χ3n) is 1.61. The van der Waals surface area contributed by atoms with E-state index in [1.54, 1.807) is 6.07 Å². The van der Waals surface area contributed by atoms with Gasteiger partial charge in [0.05, 0.1) is 15.7 Å². The van der Waals surface area contributed by atoms with Crippen molar-refractivity contribution in [2.24, 2.45) is 0 Å². The lowest BCUT2D eigenvalue weighted by Crippen LogP contribution is -1.96. The molecular formula is C9H11Cl2N. The summed E-state index contributed by atoms with van der Waals surface area (Å²) < 4.78 is 0. The van der Waals surface area contributed by atoms with E-state index in [-0.39, 0.29) is 0 Å². The van der Waals surface area contributed by atoms with Gasteiger partial charge >= 0.3 is 0 Å². The summed E-state index contributed by atoms with van der Waals surface area (Å²) in [5, 5.41) is 1.17. The van der Waals surface area contributed by atoms with E-state index in [1.165, 1.54) is 0 Å². The van der Waals surface area contributed by atoms with Crippen molar-refractivity contribution in [2.45, 2.75) is 26.7 Å². The Labute approximate surface area is 82.7 Å². The third-order valence-corrected chi connectivity index (χ3v) is 2.41. The minimum atomic E-state index is 0.315. The molecule has 12 heavy (non-hydrogen) atoms. The van der Waals surface area contributed by atoms with Crippen LogP contribution in [-0.4, -0.2) is 4.98 Å². The van der Waals surface area contributed by atoms with E-state index in [9.17, 15) is 0 Å². The first-order valence-electron chi connectivity index (χ1n) is 3.85. The zero-order valence-corrected chi connectivity index (χ0v) is 8.87. The Morgan fingerprint density at radius 3 is 2.42 bits per heavy atom. The van der Waals surface area contributed by atoms with E-state index in [1.807, 2.05) is 20.8 Å². The molecule has 0 aromatic carbocycles. The SMILES string of the molecule is Cc1cc(Cl)c(Cl)c(C(C)C)n1. The highest BCUT2D eigenvalue weighted by Crippen LogP contribution is 2.29. The molecule has 0 radical (unpaired) electrons. The maximum Gasteiger partial charge on any atom is 0.0810 e. The van der Waals surface area contributed by atoms with Gasteiger partial charge in [-0.3, -0.25) is 4.98 Å². The second-order valence-electron chi connectivity index (χ2n) is 3.10. The first kappa shape index (κ1) is 9.82. The molecule has 0 aliphatic heterocycles. The molecule has 0 fully saturated rings. The van der Waals surface area contributed by atoms with Crippen LogP contribution in [0, 0.1) is 6.92 Å². The van der Waals surface area contributed by atoms with E-state index in [0.29, 0.717) is 16.0 Å². The van der Waals surface area contributed by atoms with Gasteiger partial charge in [0.25, 0.3) is 0 Å². The first-order chi connectivity index (χ1) is 5.52. The molecule has 3 heteroatoms. The lowest BCUT2D eigenvalue weighted by atomic mass is 10.1. The van der Waals surface area contributed by atoms with Crippen molar-refractivity contribution in [1.29, 1.82) is 0 Å². The molecule has 1 aromatic heterocycles. The first-order valence-corrected chi connectivity index (χ1v) is 4.60. The van der Waals surface area contributed by atoms with Gasteiger partial charge in [-0.25, -0.2) is 0 Å². The predicted octanol–water partition coefficient (Wildman–Crippen LogP) is 3.82. The van der Waals surface area contributed by atoms with Crippen molar-refractivity contribution in [3.05, 3.63) is 27.5 Å². The van der Waals surface area contributed by atoms with Crippen LogP contribution >= 0.6 is 23.2 Å². The summed E-state index contributed by atoms with van der Waals surface area (Å²) in [5.41, 5.74) is 1.79. The van der Waals surface area contributed by atoms with Gasteiger partial charge < -0.3 is 0 Å². The molecule has 0 saturated heterocycles. The summed E-state index contributed by atoms with van der Waals surface area (Å²) in [4.78, 5) is 4.32. The fraction of sp³-hybridized carbons (Fsp3) is 0.444. The predicted molar refractivity (Wildman–Crippen MR) is 53.1 cm³/mol. The number of aryl methyl sites for hydroxylation is 1. The van der Waals surface area contributed by atoms with E-state index in [4.69, 9.17) is 23.2 Å². The molecule has 1 rings (SSSR count). The number of nitrogens with zero attached hydrogens (tertiary/aromatic N) is 1. The maximum atomic E-state index is 5.97. The minimum absolute atomic E-state index is 0.315. The molecule has 1 aromatic rings. The highest BCUT2D eigenvalue weighted by Gasteiger charge is 2.10. The topological polar surface area (TPSA) is 12.9 Å². The summed E-state index contributed by atoms with van der Waals surface area (Å²) >= 11 is 11.9. The van der Waals surface area contributed by atoms with Gasteiger partial charge in [-0.05, 0) is 18.9 Å². The fourth-order valence-electron chi connectivity index (χ4n) is 1.02. The lowest BCUT2D eigenvalue weighted by Gasteiger charge is -2.08. The second kappa shape index (κ2) is 3.63. The molecule has 0 unspecified atom stereocenters. The molecule has 0 spiro atoms. The lowest BCUT2D eigenvalue weighted by molar-refractivity contribution is 0.816. The molecule has 0 atom stereocenters. The second-order valence-corrected chi connectivity index (χ2v) is 3.88. The van der Waals surface area contributed by atoms with Gasteiger partial charge in [0.2, 0.25) is 0 Å². The van der Waals surface area contributed by atoms with Crippen LogP contribution in [0.1, 0.15) is 31.2 Å². The van der Waals surface area contributed by atoms with Crippen LogP contribution in [0.3, 0.4) is 0 Å². The van der Waals surface area contributed by atoms with Crippen LogP contribution in [-0.2, 0) is 0 Å². The highest BCUT2D eigenvalue weighted by atomic mass is 35.5. The average Bonchev–Trinajstić information content (AvgIpc) is 1.96. The molecule has 0 amide bonds. The number of rotatable bonds is 1. The van der Waals surface area contributed by atoms with Crippen molar-refractivity contribution in [1.82, 2.24) is 4.98 Å². The third kappa shape index (κ3) is 1.90. The molecule has 1 heterocycles. The van der Waals surface area contributed by atoms with Gasteiger partial charge in [0.1, 0.15) is 0 Å². The molecule has 1 nitrogen and oxygen atoms in total. The zero-order valence-electron chi connectivity index (χ0n) is 7.36. The largest absolute Gasteiger partial charge is 0.256 e. The van der Waals surface area contributed by atoms with Crippen LogP contribution in [0.2, 0.25) is 10.0 Å². The molecular weight excluding hydrogens is 193 g/mol. The molecule has 0 aliphatic carbocycles. The normalized spacial score (nSPS) is 10.8. The smallest absolute Gasteiger partial charge is 0.0810 e. The zero-order chi connectivity index (χ0) is 9.30. The van der Waals surface area contributed by atoms with Gasteiger partial charge in [-0.1, -0.05) is 37.0 Å². The van der Waals surface area contributed by atoms with Gasteiger partial charge in [-0.2, -0.15) is 0 Å². The van der Waals surface area contributed by atoms with Gasteiger partial charge in [-0.15, -0.1) is 0 Å². The monoisotopic (exact) mass is 203 g/mol. The Balaban J connectivity index is 3.28. The molecule has 0 bridgehead atoms. The van der Waals surface area contributed by atoms with Crippen molar-refractivity contribution in [3.8, 4) is 0 Å². The van der Waals surface area contributed by atoms with Gasteiger partial charge in [0, 0.05) is 5.69 Å². The Hall–Kier alpha value is -0.270. The van der Waals surface area contributed by atoms with Gasteiger partial charge in [0.15, 0.2) is 0 Å². The minimum Gasteiger partial charge on any atom is -0.256 e. The number of aromatic nitrogens is 1. The Kier molecular flexibility index (Phi) is 2.97. The Bertz CT molecular complexity index is 295. The molecule has 0 aliphatic rings. The summed E-state index contributed by atoms with van der Waals surface area (Å²) in [6.45, 7) is 6.00. The molecule has 0 saturated carbocycles. The van der Waals surface area contributed by atoms with Crippen LogP contribution in [0.4, 0.5) is 0 Å². The van der Waals surface area contributed by atoms with Crippen LogP contribution in [0.15, 0.2) is 6.07 Å². The van der Waals surface area contributed by atoms with Crippen molar-refractivity contribution in [2.75, 3.05) is 0 Å². The van der Waals surface area contributed by atoms with E-state index >= 15 is 0 Å². The van der Waals surface area contributed by atoms with Crippen LogP contribution in [0.25, 0.3) is 0 Å². The standard InChI is InChI=1S/C9H11Cl2N/c1-5(2)9-8(11)7(10)4-6(3)12-9/h4-5H,1-3H3. The molecule has 66 valence electrons. The molecule has 0 N–H and O–H groups in total. The van der Waals surface area contributed by atoms with E-state index in [2.05, 4.69) is 4.98 Å². The maximum absolute atomic E-state index is 5.97. The Morgan fingerprint density at radius 2 is 1.92 bits per heavy atom. The van der Waals surface area contributed by atoms with Crippen molar-refractivity contribution < 1.29 is 0 Å². The van der Waals surface area contributed by atoms with Crippen LogP contribution in [0.5, 0.6) is 0 Å². The number of hydrogen-bond acceptors (Lipinski definition) is 1. The summed E-state index contributed by atoms with van der Waals surface area (Å²) in [7, 11) is 0. The number of hydrogen-bond donors (Lipinski definition) is 0. The summed E-state index contributed by atoms with van der Waals surface area (Å²) in [5.74, 6) is 0.315. The van der Waals surface area contributed by atoms with E-state index in [0.717, 1.165) is 11.4 Å². The Morgan fingerprint density at radius 1 is 1.33 bits per heavy atom.